The fourth-order valence-electron chi connectivity index (χ4n) is 3.50. The van der Waals surface area contributed by atoms with Gasteiger partial charge in [-0.2, -0.15) is 4.31 Å². The van der Waals surface area contributed by atoms with Crippen molar-refractivity contribution in [1.29, 1.82) is 0 Å². The van der Waals surface area contributed by atoms with Gasteiger partial charge in [-0.25, -0.2) is 8.42 Å². The van der Waals surface area contributed by atoms with E-state index in [9.17, 15) is 18.0 Å². The Hall–Kier alpha value is -1.93. The van der Waals surface area contributed by atoms with E-state index in [1.165, 1.54) is 4.31 Å². The summed E-state index contributed by atoms with van der Waals surface area (Å²) in [6.07, 6.45) is 1.13. The molecule has 2 fully saturated rings. The van der Waals surface area contributed by atoms with Crippen molar-refractivity contribution in [2.45, 2.75) is 31.6 Å². The van der Waals surface area contributed by atoms with Crippen LogP contribution in [0.25, 0.3) is 0 Å². The van der Waals surface area contributed by atoms with Crippen LogP contribution in [-0.2, 0) is 19.6 Å². The Morgan fingerprint density at radius 2 is 1.62 bits per heavy atom. The number of aryl methyl sites for hydroxylation is 2. The standard InChI is InChI=1S/C18H24N2O5S/c1-12-3-4-14(11-13(12)2)26(24,25)20-9-7-19(8-10-20)17(21)15-5-6-16(15)18(22)23/h3-4,11,15-16H,5-10H2,1-2H3,(H,22,23). The number of hydrogen-bond donors (Lipinski definition) is 1. The van der Waals surface area contributed by atoms with Gasteiger partial charge in [0.15, 0.2) is 0 Å². The lowest BCUT2D eigenvalue weighted by Crippen LogP contribution is -2.54. The summed E-state index contributed by atoms with van der Waals surface area (Å²) in [5.41, 5.74) is 1.96. The Labute approximate surface area is 153 Å². The highest BCUT2D eigenvalue weighted by Gasteiger charge is 2.44. The lowest BCUT2D eigenvalue weighted by molar-refractivity contribution is -0.157. The first-order valence-corrected chi connectivity index (χ1v) is 10.2. The Morgan fingerprint density at radius 3 is 2.12 bits per heavy atom. The molecule has 2 atom stereocenters. The van der Waals surface area contributed by atoms with Crippen molar-refractivity contribution in [2.24, 2.45) is 11.8 Å². The SMILES string of the molecule is Cc1ccc(S(=O)(=O)N2CCN(C(=O)C3CCC3C(=O)O)CC2)cc1C. The minimum atomic E-state index is -3.59. The maximum atomic E-state index is 12.8. The minimum absolute atomic E-state index is 0.160. The smallest absolute Gasteiger partial charge is 0.307 e. The summed E-state index contributed by atoms with van der Waals surface area (Å²) in [5, 5.41) is 9.11. The number of carbonyl (C=O) groups excluding carboxylic acids is 1. The molecule has 26 heavy (non-hydrogen) atoms. The largest absolute Gasteiger partial charge is 0.481 e. The molecule has 2 unspecified atom stereocenters. The first-order chi connectivity index (χ1) is 12.2. The molecule has 2 aliphatic rings. The number of amides is 1. The van der Waals surface area contributed by atoms with Gasteiger partial charge < -0.3 is 10.0 Å². The molecule has 1 aliphatic heterocycles. The van der Waals surface area contributed by atoms with Gasteiger partial charge in [-0.05, 0) is 49.9 Å². The van der Waals surface area contributed by atoms with Crippen molar-refractivity contribution in [1.82, 2.24) is 9.21 Å². The quantitative estimate of drug-likeness (QED) is 0.848. The molecule has 1 heterocycles. The molecule has 142 valence electrons. The normalized spacial score (nSPS) is 24.2. The molecule has 0 spiro atoms. The van der Waals surface area contributed by atoms with Gasteiger partial charge in [0.1, 0.15) is 0 Å². The van der Waals surface area contributed by atoms with Crippen molar-refractivity contribution in [3.63, 3.8) is 0 Å². The van der Waals surface area contributed by atoms with Crippen LogP contribution in [0.15, 0.2) is 23.1 Å². The third-order valence-electron chi connectivity index (χ3n) is 5.58. The van der Waals surface area contributed by atoms with Crippen LogP contribution in [0.4, 0.5) is 0 Å². The van der Waals surface area contributed by atoms with Crippen LogP contribution in [0, 0.1) is 25.7 Å². The topological polar surface area (TPSA) is 95.0 Å². The van der Waals surface area contributed by atoms with Gasteiger partial charge in [-0.1, -0.05) is 6.07 Å². The molecule has 0 aromatic heterocycles. The molecule has 7 nitrogen and oxygen atoms in total. The summed E-state index contributed by atoms with van der Waals surface area (Å²) in [7, 11) is -3.59. The zero-order valence-electron chi connectivity index (χ0n) is 15.0. The predicted octanol–water partition coefficient (Wildman–Crippen LogP) is 1.25. The lowest BCUT2D eigenvalue weighted by atomic mass is 9.73. The molecule has 1 aliphatic carbocycles. The molecule has 1 N–H and O–H groups in total. The second kappa shape index (κ2) is 7.00. The highest BCUT2D eigenvalue weighted by atomic mass is 32.2. The van der Waals surface area contributed by atoms with E-state index in [2.05, 4.69) is 0 Å². The van der Waals surface area contributed by atoms with Gasteiger partial charge in [-0.15, -0.1) is 0 Å². The summed E-state index contributed by atoms with van der Waals surface area (Å²) in [4.78, 5) is 25.5. The van der Waals surface area contributed by atoms with E-state index in [1.54, 1.807) is 23.1 Å². The third-order valence-corrected chi connectivity index (χ3v) is 7.47. The number of benzene rings is 1. The first kappa shape index (κ1) is 18.8. The number of carboxylic acids is 1. The number of aliphatic carboxylic acids is 1. The van der Waals surface area contributed by atoms with Crippen LogP contribution in [0.1, 0.15) is 24.0 Å². The minimum Gasteiger partial charge on any atom is -0.481 e. The molecule has 3 rings (SSSR count). The summed E-state index contributed by atoms with van der Waals surface area (Å²) in [5.74, 6) is -2.15. The van der Waals surface area contributed by atoms with Crippen LogP contribution in [0.5, 0.6) is 0 Å². The lowest BCUT2D eigenvalue weighted by Gasteiger charge is -2.40. The number of carbonyl (C=O) groups is 2. The fourth-order valence-corrected chi connectivity index (χ4v) is 5.01. The number of carboxylic acid groups (broad SMARTS) is 1. The van der Waals surface area contributed by atoms with E-state index in [4.69, 9.17) is 5.11 Å². The van der Waals surface area contributed by atoms with Crippen molar-refractivity contribution in [2.75, 3.05) is 26.2 Å². The van der Waals surface area contributed by atoms with Crippen LogP contribution >= 0.6 is 0 Å². The molecule has 1 amide bonds. The van der Waals surface area contributed by atoms with E-state index in [0.29, 0.717) is 25.9 Å². The summed E-state index contributed by atoms with van der Waals surface area (Å²) >= 11 is 0. The number of piperazine rings is 1. The predicted molar refractivity (Wildman–Crippen MR) is 95.1 cm³/mol. The van der Waals surface area contributed by atoms with Gasteiger partial charge >= 0.3 is 5.97 Å². The maximum absolute atomic E-state index is 12.8. The van der Waals surface area contributed by atoms with Gasteiger partial charge in [-0.3, -0.25) is 9.59 Å². The van der Waals surface area contributed by atoms with Gasteiger partial charge in [0.2, 0.25) is 15.9 Å². The van der Waals surface area contributed by atoms with E-state index >= 15 is 0 Å². The molecule has 1 saturated heterocycles. The van der Waals surface area contributed by atoms with Gasteiger partial charge in [0.05, 0.1) is 16.7 Å². The Kier molecular flexibility index (Phi) is 5.07. The van der Waals surface area contributed by atoms with Gasteiger partial charge in [0, 0.05) is 26.2 Å². The van der Waals surface area contributed by atoms with Crippen molar-refractivity contribution < 1.29 is 23.1 Å². The van der Waals surface area contributed by atoms with Crippen molar-refractivity contribution >= 4 is 21.9 Å². The second-order valence-electron chi connectivity index (χ2n) is 7.10. The summed E-state index contributed by atoms with van der Waals surface area (Å²) in [6, 6.07) is 5.08. The summed E-state index contributed by atoms with van der Waals surface area (Å²) in [6.45, 7) is 4.86. The average Bonchev–Trinajstić information content (AvgIpc) is 2.55. The molecular weight excluding hydrogens is 356 g/mol. The monoisotopic (exact) mass is 380 g/mol. The van der Waals surface area contributed by atoms with Crippen LogP contribution in [0.2, 0.25) is 0 Å². The Morgan fingerprint density at radius 1 is 1.00 bits per heavy atom. The highest BCUT2D eigenvalue weighted by Crippen LogP contribution is 2.36. The highest BCUT2D eigenvalue weighted by molar-refractivity contribution is 7.89. The summed E-state index contributed by atoms with van der Waals surface area (Å²) < 4.78 is 27.0. The second-order valence-corrected chi connectivity index (χ2v) is 9.04. The zero-order chi connectivity index (χ0) is 19.1. The Bertz CT molecular complexity index is 828. The number of rotatable bonds is 4. The van der Waals surface area contributed by atoms with Crippen LogP contribution in [0.3, 0.4) is 0 Å². The van der Waals surface area contributed by atoms with E-state index < -0.39 is 27.8 Å². The van der Waals surface area contributed by atoms with Crippen LogP contribution < -0.4 is 0 Å². The molecule has 1 aromatic rings. The molecule has 1 saturated carbocycles. The third kappa shape index (κ3) is 3.35. The number of hydrogen-bond acceptors (Lipinski definition) is 4. The molecule has 0 bridgehead atoms. The first-order valence-electron chi connectivity index (χ1n) is 8.81. The van der Waals surface area contributed by atoms with Crippen LogP contribution in [-0.4, -0.2) is 60.8 Å². The average molecular weight is 380 g/mol. The maximum Gasteiger partial charge on any atom is 0.307 e. The zero-order valence-corrected chi connectivity index (χ0v) is 15.8. The van der Waals surface area contributed by atoms with E-state index in [1.807, 2.05) is 13.8 Å². The number of nitrogens with zero attached hydrogens (tertiary/aromatic N) is 2. The van der Waals surface area contributed by atoms with Crippen molar-refractivity contribution in [3.8, 4) is 0 Å². The Balaban J connectivity index is 1.65. The molecule has 1 aromatic carbocycles. The van der Waals surface area contributed by atoms with E-state index in [-0.39, 0.29) is 23.9 Å². The molecule has 8 heteroatoms. The number of sulfonamides is 1. The fraction of sp³-hybridized carbons (Fsp3) is 0.556. The molecular formula is C18H24N2O5S. The van der Waals surface area contributed by atoms with E-state index in [0.717, 1.165) is 11.1 Å². The molecule has 0 radical (unpaired) electrons. The van der Waals surface area contributed by atoms with Crippen molar-refractivity contribution in [3.05, 3.63) is 29.3 Å². The van der Waals surface area contributed by atoms with Gasteiger partial charge in [0.25, 0.3) is 0 Å².